The van der Waals surface area contributed by atoms with E-state index in [4.69, 9.17) is 12.2 Å². The number of benzene rings is 2. The zero-order valence-electron chi connectivity index (χ0n) is 12.7. The Morgan fingerprint density at radius 1 is 1.21 bits per heavy atom. The Bertz CT molecular complexity index is 855. The lowest BCUT2D eigenvalue weighted by Crippen LogP contribution is -2.30. The lowest BCUT2D eigenvalue weighted by molar-refractivity contribution is -0.305. The van der Waals surface area contributed by atoms with E-state index in [0.29, 0.717) is 22.2 Å². The summed E-state index contributed by atoms with van der Waals surface area (Å²) in [4.78, 5) is 25.0. The molecule has 1 saturated heterocycles. The number of thiocarbonyl (C=S) groups is 1. The predicted molar refractivity (Wildman–Crippen MR) is 98.1 cm³/mol. The number of carbonyl (C=O) groups excluding carboxylic acids is 2. The Morgan fingerprint density at radius 2 is 1.96 bits per heavy atom. The number of hydrogen-bond donors (Lipinski definition) is 0. The summed E-state index contributed by atoms with van der Waals surface area (Å²) in [6.45, 7) is 0.297. The van der Waals surface area contributed by atoms with Gasteiger partial charge in [0.2, 0.25) is 0 Å². The maximum atomic E-state index is 12.5. The second-order valence-electron chi connectivity index (χ2n) is 5.38. The molecule has 0 radical (unpaired) electrons. The smallest absolute Gasteiger partial charge is 0.266 e. The quantitative estimate of drug-likeness (QED) is 0.609. The average molecular weight is 356 g/mol. The molecule has 6 heteroatoms. The van der Waals surface area contributed by atoms with E-state index in [1.54, 1.807) is 0 Å². The number of carbonyl (C=O) groups is 2. The molecule has 4 nitrogen and oxygen atoms in total. The maximum Gasteiger partial charge on any atom is 0.266 e. The van der Waals surface area contributed by atoms with E-state index in [1.807, 2.05) is 48.5 Å². The van der Waals surface area contributed by atoms with Crippen LogP contribution in [0.2, 0.25) is 0 Å². The zero-order chi connectivity index (χ0) is 17.1. The lowest BCUT2D eigenvalue weighted by atomic mass is 10.0. The lowest BCUT2D eigenvalue weighted by Gasteiger charge is -2.14. The minimum absolute atomic E-state index is 0.0839. The topological polar surface area (TPSA) is 60.4 Å². The summed E-state index contributed by atoms with van der Waals surface area (Å²) < 4.78 is 0.463. The van der Waals surface area contributed by atoms with Crippen molar-refractivity contribution in [3.63, 3.8) is 0 Å². The van der Waals surface area contributed by atoms with E-state index in [-0.39, 0.29) is 12.3 Å². The van der Waals surface area contributed by atoms with Crippen LogP contribution in [0.1, 0.15) is 18.4 Å². The fraction of sp³-hybridized carbons (Fsp3) is 0.167. The summed E-state index contributed by atoms with van der Waals surface area (Å²) in [5, 5.41) is 12.7. The fourth-order valence-corrected chi connectivity index (χ4v) is 3.89. The molecule has 0 unspecified atom stereocenters. The molecule has 0 aliphatic carbocycles. The van der Waals surface area contributed by atoms with Crippen molar-refractivity contribution >= 4 is 57.0 Å². The normalized spacial score (nSPS) is 16.3. The van der Waals surface area contributed by atoms with Crippen molar-refractivity contribution in [1.29, 1.82) is 0 Å². The summed E-state index contributed by atoms with van der Waals surface area (Å²) in [6, 6.07) is 13.9. The third-order valence-corrected chi connectivity index (χ3v) is 5.12. The van der Waals surface area contributed by atoms with E-state index in [0.717, 1.165) is 16.3 Å². The molecule has 1 heterocycles. The first kappa shape index (κ1) is 16.7. The minimum Gasteiger partial charge on any atom is -0.550 e. The van der Waals surface area contributed by atoms with E-state index in [1.165, 1.54) is 16.7 Å². The van der Waals surface area contributed by atoms with Crippen LogP contribution in [0.15, 0.2) is 47.4 Å². The van der Waals surface area contributed by atoms with Crippen LogP contribution in [0.4, 0.5) is 0 Å². The van der Waals surface area contributed by atoms with Crippen LogP contribution in [-0.4, -0.2) is 27.6 Å². The molecule has 3 rings (SSSR count). The Balaban J connectivity index is 1.84. The number of fused-ring (bicyclic) bond motifs is 1. The van der Waals surface area contributed by atoms with E-state index in [2.05, 4.69) is 0 Å². The number of rotatable bonds is 5. The number of thioether (sulfide) groups is 1. The molecular formula is C18H14NO3S2-. The van der Waals surface area contributed by atoms with Gasteiger partial charge in [-0.3, -0.25) is 9.69 Å². The summed E-state index contributed by atoms with van der Waals surface area (Å²) in [6.07, 6.45) is 2.09. The van der Waals surface area contributed by atoms with Crippen molar-refractivity contribution in [2.45, 2.75) is 12.8 Å². The van der Waals surface area contributed by atoms with Crippen molar-refractivity contribution in [2.75, 3.05) is 6.54 Å². The number of aliphatic carboxylic acids is 1. The van der Waals surface area contributed by atoms with Crippen LogP contribution in [0.25, 0.3) is 16.8 Å². The Labute approximate surface area is 149 Å². The Hall–Kier alpha value is -2.18. The molecule has 0 saturated carbocycles. The zero-order valence-corrected chi connectivity index (χ0v) is 14.4. The van der Waals surface area contributed by atoms with Gasteiger partial charge in [-0.1, -0.05) is 66.4 Å². The summed E-state index contributed by atoms with van der Waals surface area (Å²) in [5.74, 6) is -1.29. The number of amides is 1. The third-order valence-electron chi connectivity index (χ3n) is 3.75. The highest BCUT2D eigenvalue weighted by Gasteiger charge is 2.31. The van der Waals surface area contributed by atoms with Gasteiger partial charge in [-0.2, -0.15) is 0 Å². The molecule has 2 aromatic carbocycles. The Morgan fingerprint density at radius 3 is 2.75 bits per heavy atom. The van der Waals surface area contributed by atoms with Crippen LogP contribution in [0.5, 0.6) is 0 Å². The van der Waals surface area contributed by atoms with Crippen molar-refractivity contribution < 1.29 is 14.7 Å². The molecular weight excluding hydrogens is 342 g/mol. The molecule has 0 bridgehead atoms. The predicted octanol–water partition coefficient (Wildman–Crippen LogP) is 2.57. The second kappa shape index (κ2) is 7.15. The minimum atomic E-state index is -1.12. The molecule has 1 fully saturated rings. The SMILES string of the molecule is O=C([O-])CCCN1C(=O)C(=Cc2cccc3ccccc23)SC1=S. The van der Waals surface area contributed by atoms with Crippen LogP contribution >= 0.6 is 24.0 Å². The highest BCUT2D eigenvalue weighted by molar-refractivity contribution is 8.26. The molecule has 1 aliphatic rings. The summed E-state index contributed by atoms with van der Waals surface area (Å²) in [5.41, 5.74) is 0.961. The van der Waals surface area contributed by atoms with Crippen LogP contribution < -0.4 is 5.11 Å². The molecule has 0 N–H and O–H groups in total. The number of carboxylic acid groups (broad SMARTS) is 1. The van der Waals surface area contributed by atoms with Gasteiger partial charge in [0.15, 0.2) is 0 Å². The first-order valence-corrected chi connectivity index (χ1v) is 8.72. The van der Waals surface area contributed by atoms with Gasteiger partial charge >= 0.3 is 0 Å². The van der Waals surface area contributed by atoms with Gasteiger partial charge in [0.05, 0.1) is 4.91 Å². The first-order chi connectivity index (χ1) is 11.6. The largest absolute Gasteiger partial charge is 0.550 e. The van der Waals surface area contributed by atoms with Gasteiger partial charge < -0.3 is 9.90 Å². The Kier molecular flexibility index (Phi) is 4.97. The second-order valence-corrected chi connectivity index (χ2v) is 7.05. The number of nitrogens with zero attached hydrogens (tertiary/aromatic N) is 1. The van der Waals surface area contributed by atoms with Gasteiger partial charge in [0.25, 0.3) is 5.91 Å². The van der Waals surface area contributed by atoms with Crippen molar-refractivity contribution in [1.82, 2.24) is 4.90 Å². The van der Waals surface area contributed by atoms with Gasteiger partial charge in [-0.15, -0.1) is 0 Å². The van der Waals surface area contributed by atoms with Crippen molar-refractivity contribution in [3.05, 3.63) is 52.9 Å². The number of hydrogen-bond acceptors (Lipinski definition) is 5. The fourth-order valence-electron chi connectivity index (χ4n) is 2.59. The highest BCUT2D eigenvalue weighted by Crippen LogP contribution is 2.33. The third kappa shape index (κ3) is 3.49. The van der Waals surface area contributed by atoms with Crippen molar-refractivity contribution in [2.24, 2.45) is 0 Å². The van der Waals surface area contributed by atoms with E-state index in [9.17, 15) is 14.7 Å². The monoisotopic (exact) mass is 356 g/mol. The molecule has 0 aromatic heterocycles. The van der Waals surface area contributed by atoms with Gasteiger partial charge in [-0.05, 0) is 35.3 Å². The van der Waals surface area contributed by atoms with Gasteiger partial charge in [0.1, 0.15) is 4.32 Å². The molecule has 24 heavy (non-hydrogen) atoms. The van der Waals surface area contributed by atoms with Crippen LogP contribution in [0.3, 0.4) is 0 Å². The van der Waals surface area contributed by atoms with Gasteiger partial charge in [-0.25, -0.2) is 0 Å². The molecule has 1 amide bonds. The molecule has 2 aromatic rings. The maximum absolute atomic E-state index is 12.5. The first-order valence-electron chi connectivity index (χ1n) is 7.49. The molecule has 0 atom stereocenters. The molecule has 122 valence electrons. The average Bonchev–Trinajstić information content (AvgIpc) is 2.82. The summed E-state index contributed by atoms with van der Waals surface area (Å²) >= 11 is 6.50. The van der Waals surface area contributed by atoms with Crippen molar-refractivity contribution in [3.8, 4) is 0 Å². The van der Waals surface area contributed by atoms with E-state index < -0.39 is 5.97 Å². The molecule has 0 spiro atoms. The van der Waals surface area contributed by atoms with Gasteiger partial charge in [0, 0.05) is 12.5 Å². The van der Waals surface area contributed by atoms with Crippen LogP contribution in [0, 0.1) is 0 Å². The standard InChI is InChI=1S/C18H15NO3S2/c20-16(21)9-4-10-19-17(22)15(24-18(19)23)11-13-7-3-6-12-5-1-2-8-14(12)13/h1-3,5-8,11H,4,9-10H2,(H,20,21)/p-1. The number of carboxylic acids is 1. The highest BCUT2D eigenvalue weighted by atomic mass is 32.2. The van der Waals surface area contributed by atoms with Crippen LogP contribution in [-0.2, 0) is 9.59 Å². The molecule has 1 aliphatic heterocycles. The summed E-state index contributed by atoms with van der Waals surface area (Å²) in [7, 11) is 0. The van der Waals surface area contributed by atoms with E-state index >= 15 is 0 Å².